The molecule has 2 N–H and O–H groups in total. The molecule has 0 radical (unpaired) electrons. The third-order valence-corrected chi connectivity index (χ3v) is 2.61. The molecule has 8 heteroatoms. The summed E-state index contributed by atoms with van der Waals surface area (Å²) in [5.74, 6) is -0.668. The van der Waals surface area contributed by atoms with E-state index in [2.05, 4.69) is 9.97 Å². The van der Waals surface area contributed by atoms with Gasteiger partial charge in [-0.25, -0.2) is 4.98 Å². The normalized spacial score (nSPS) is 13.5. The van der Waals surface area contributed by atoms with Crippen LogP contribution in [0.1, 0.15) is 6.92 Å². The Morgan fingerprint density at radius 1 is 1.69 bits per heavy atom. The van der Waals surface area contributed by atoms with Crippen molar-refractivity contribution in [3.8, 4) is 0 Å². The van der Waals surface area contributed by atoms with Crippen LogP contribution in [0.5, 0.6) is 0 Å². The van der Waals surface area contributed by atoms with Crippen LogP contribution in [0.4, 0.5) is 13.2 Å². The number of aromatic amines is 1. The van der Waals surface area contributed by atoms with Crippen molar-refractivity contribution in [3.05, 3.63) is 12.4 Å². The molecule has 1 rings (SSSR count). The van der Waals surface area contributed by atoms with Crippen LogP contribution >= 0.6 is 11.8 Å². The van der Waals surface area contributed by atoms with Crippen LogP contribution in [0.25, 0.3) is 0 Å². The number of nitrogens with zero attached hydrogens (tertiary/aromatic N) is 1. The van der Waals surface area contributed by atoms with Crippen LogP contribution in [0, 0.1) is 0 Å². The Labute approximate surface area is 94.0 Å². The van der Waals surface area contributed by atoms with Crippen molar-refractivity contribution in [2.45, 2.75) is 23.5 Å². The summed E-state index contributed by atoms with van der Waals surface area (Å²) in [6.07, 6.45) is -1.31. The number of hydrogen-bond acceptors (Lipinski definition) is 3. The number of hydrogen-bond donors (Lipinski definition) is 2. The molecule has 0 aliphatic carbocycles. The van der Waals surface area contributed by atoms with Crippen molar-refractivity contribution in [3.63, 3.8) is 0 Å². The van der Waals surface area contributed by atoms with E-state index < -0.39 is 23.9 Å². The van der Waals surface area contributed by atoms with Crippen LogP contribution in [0.3, 0.4) is 0 Å². The Kier molecular flexibility index (Phi) is 4.22. The maximum absolute atomic E-state index is 11.8. The first-order chi connectivity index (χ1) is 7.38. The van der Waals surface area contributed by atoms with Crippen molar-refractivity contribution in [1.29, 1.82) is 0 Å². The molecule has 0 aliphatic rings. The van der Waals surface area contributed by atoms with E-state index in [1.165, 1.54) is 13.1 Å². The first-order valence-corrected chi connectivity index (χ1v) is 5.27. The van der Waals surface area contributed by atoms with E-state index in [-0.39, 0.29) is 0 Å². The quantitative estimate of drug-likeness (QED) is 0.801. The summed E-state index contributed by atoms with van der Waals surface area (Å²) in [6.45, 7) is 0.202. The zero-order valence-electron chi connectivity index (χ0n) is 8.34. The van der Waals surface area contributed by atoms with Gasteiger partial charge in [0.2, 0.25) is 5.91 Å². The molecule has 0 saturated carbocycles. The highest BCUT2D eigenvalue weighted by Crippen LogP contribution is 2.19. The average Bonchev–Trinajstić information content (AvgIpc) is 2.65. The highest BCUT2D eigenvalue weighted by atomic mass is 32.2. The molecule has 1 heterocycles. The van der Waals surface area contributed by atoms with Crippen molar-refractivity contribution in [2.75, 3.05) is 6.54 Å². The number of H-pyrrole nitrogens is 1. The minimum absolute atomic E-state index is 0.495. The Bertz CT molecular complexity index is 339. The molecule has 0 aromatic carbocycles. The van der Waals surface area contributed by atoms with E-state index >= 15 is 0 Å². The highest BCUT2D eigenvalue weighted by Gasteiger charge is 2.28. The summed E-state index contributed by atoms with van der Waals surface area (Å²) in [6, 6.07) is 0. The van der Waals surface area contributed by atoms with Crippen LogP contribution in [0.2, 0.25) is 0 Å². The van der Waals surface area contributed by atoms with Crippen LogP contribution in [-0.4, -0.2) is 33.8 Å². The topological polar surface area (TPSA) is 57.8 Å². The second kappa shape index (κ2) is 5.24. The third-order valence-electron chi connectivity index (χ3n) is 1.59. The molecule has 0 unspecified atom stereocenters. The first kappa shape index (κ1) is 12.9. The van der Waals surface area contributed by atoms with Crippen molar-refractivity contribution in [2.24, 2.45) is 0 Å². The smallest absolute Gasteiger partial charge is 0.346 e. The van der Waals surface area contributed by atoms with Crippen molar-refractivity contribution < 1.29 is 18.0 Å². The van der Waals surface area contributed by atoms with Gasteiger partial charge in [-0.05, 0) is 6.92 Å². The van der Waals surface area contributed by atoms with Gasteiger partial charge in [0.25, 0.3) is 0 Å². The van der Waals surface area contributed by atoms with Gasteiger partial charge in [0, 0.05) is 12.4 Å². The number of nitrogens with one attached hydrogen (secondary N) is 2. The number of thioether (sulfide) groups is 1. The van der Waals surface area contributed by atoms with E-state index in [0.717, 1.165) is 11.8 Å². The lowest BCUT2D eigenvalue weighted by Gasteiger charge is -2.11. The zero-order chi connectivity index (χ0) is 12.2. The van der Waals surface area contributed by atoms with Crippen LogP contribution in [-0.2, 0) is 4.79 Å². The maximum Gasteiger partial charge on any atom is 0.405 e. The molecular weight excluding hydrogens is 243 g/mol. The van der Waals surface area contributed by atoms with Gasteiger partial charge in [0.15, 0.2) is 5.16 Å². The van der Waals surface area contributed by atoms with Gasteiger partial charge in [-0.1, -0.05) is 11.8 Å². The SMILES string of the molecule is C[C@@H](Sc1ncc[nH]1)C(=O)NCC(F)(F)F. The van der Waals surface area contributed by atoms with Gasteiger partial charge in [-0.15, -0.1) is 0 Å². The number of rotatable bonds is 4. The molecule has 1 amide bonds. The fraction of sp³-hybridized carbons (Fsp3) is 0.500. The summed E-state index contributed by atoms with van der Waals surface area (Å²) < 4.78 is 35.4. The molecule has 0 saturated heterocycles. The van der Waals surface area contributed by atoms with E-state index in [4.69, 9.17) is 0 Å². The Morgan fingerprint density at radius 2 is 2.38 bits per heavy atom. The van der Waals surface area contributed by atoms with Gasteiger partial charge in [-0.2, -0.15) is 13.2 Å². The molecule has 1 atom stereocenters. The standard InChI is InChI=1S/C8H10F3N3OS/c1-5(16-7-12-2-3-13-7)6(15)14-4-8(9,10)11/h2-3,5H,4H2,1H3,(H,12,13)(H,14,15)/t5-/m1/s1. The third kappa shape index (κ3) is 4.56. The number of halogens is 3. The molecule has 90 valence electrons. The number of imidazole rings is 1. The Hall–Kier alpha value is -1.18. The molecule has 4 nitrogen and oxygen atoms in total. The summed E-state index contributed by atoms with van der Waals surface area (Å²) in [5, 5.41) is 1.67. The molecule has 0 spiro atoms. The van der Waals surface area contributed by atoms with E-state index in [9.17, 15) is 18.0 Å². The number of alkyl halides is 3. The minimum Gasteiger partial charge on any atom is -0.346 e. The molecular formula is C8H10F3N3OS. The van der Waals surface area contributed by atoms with Gasteiger partial charge >= 0.3 is 6.18 Å². The molecule has 0 aliphatic heterocycles. The summed E-state index contributed by atoms with van der Waals surface area (Å²) in [7, 11) is 0. The highest BCUT2D eigenvalue weighted by molar-refractivity contribution is 8.00. The number of amides is 1. The van der Waals surface area contributed by atoms with Crippen LogP contribution in [0.15, 0.2) is 17.6 Å². The first-order valence-electron chi connectivity index (χ1n) is 4.39. The van der Waals surface area contributed by atoms with Crippen molar-refractivity contribution in [1.82, 2.24) is 15.3 Å². The summed E-state index contributed by atoms with van der Waals surface area (Å²) >= 11 is 1.06. The largest absolute Gasteiger partial charge is 0.405 e. The van der Waals surface area contributed by atoms with Crippen LogP contribution < -0.4 is 5.32 Å². The lowest BCUT2D eigenvalue weighted by molar-refractivity contribution is -0.137. The number of aromatic nitrogens is 2. The van der Waals surface area contributed by atoms with E-state index in [0.29, 0.717) is 5.16 Å². The Morgan fingerprint density at radius 3 is 2.88 bits per heavy atom. The number of carbonyl (C=O) groups is 1. The average molecular weight is 253 g/mol. The summed E-state index contributed by atoms with van der Waals surface area (Å²) in [4.78, 5) is 17.8. The predicted octanol–water partition coefficient (Wildman–Crippen LogP) is 1.57. The zero-order valence-corrected chi connectivity index (χ0v) is 9.15. The van der Waals surface area contributed by atoms with E-state index in [1.54, 1.807) is 6.20 Å². The molecule has 16 heavy (non-hydrogen) atoms. The fourth-order valence-corrected chi connectivity index (χ4v) is 1.65. The molecule has 0 bridgehead atoms. The van der Waals surface area contributed by atoms with Crippen molar-refractivity contribution >= 4 is 17.7 Å². The lowest BCUT2D eigenvalue weighted by Crippen LogP contribution is -2.38. The second-order valence-electron chi connectivity index (χ2n) is 2.99. The lowest BCUT2D eigenvalue weighted by atomic mass is 10.4. The molecule has 1 aromatic rings. The second-order valence-corrected chi connectivity index (χ2v) is 4.32. The van der Waals surface area contributed by atoms with Gasteiger partial charge < -0.3 is 10.3 Å². The van der Waals surface area contributed by atoms with E-state index in [1.807, 2.05) is 5.32 Å². The fourth-order valence-electron chi connectivity index (χ4n) is 0.867. The van der Waals surface area contributed by atoms with Gasteiger partial charge in [0.1, 0.15) is 6.54 Å². The number of carbonyl (C=O) groups excluding carboxylic acids is 1. The van der Waals surface area contributed by atoms with Gasteiger partial charge in [-0.3, -0.25) is 4.79 Å². The predicted molar refractivity (Wildman–Crippen MR) is 53.0 cm³/mol. The minimum atomic E-state index is -4.38. The Balaban J connectivity index is 2.37. The molecule has 0 fully saturated rings. The summed E-state index contributed by atoms with van der Waals surface area (Å²) in [5.41, 5.74) is 0. The molecule has 1 aromatic heterocycles. The monoisotopic (exact) mass is 253 g/mol. The van der Waals surface area contributed by atoms with Gasteiger partial charge in [0.05, 0.1) is 5.25 Å². The maximum atomic E-state index is 11.8.